The van der Waals surface area contributed by atoms with Gasteiger partial charge in [-0.3, -0.25) is 0 Å². The lowest BCUT2D eigenvalue weighted by molar-refractivity contribution is 0.991. The maximum atomic E-state index is 4.05. The summed E-state index contributed by atoms with van der Waals surface area (Å²) in [6.07, 6.45) is 0.938. The SMILES string of the molecule is SCCc1nncs1. The molecule has 0 aliphatic carbocycles. The first-order valence-corrected chi connectivity index (χ1v) is 3.80. The molecule has 0 fully saturated rings. The Balaban J connectivity index is 2.50. The summed E-state index contributed by atoms with van der Waals surface area (Å²) < 4.78 is 0. The van der Waals surface area contributed by atoms with Gasteiger partial charge in [0.15, 0.2) is 0 Å². The molecule has 44 valence electrons. The van der Waals surface area contributed by atoms with E-state index in [4.69, 9.17) is 0 Å². The van der Waals surface area contributed by atoms with E-state index in [0.717, 1.165) is 17.2 Å². The maximum Gasteiger partial charge on any atom is 0.118 e. The van der Waals surface area contributed by atoms with Crippen LogP contribution in [0.25, 0.3) is 0 Å². The van der Waals surface area contributed by atoms with Crippen LogP contribution in [0.2, 0.25) is 0 Å². The van der Waals surface area contributed by atoms with Crippen molar-refractivity contribution in [3.8, 4) is 0 Å². The number of hydrogen-bond acceptors (Lipinski definition) is 4. The van der Waals surface area contributed by atoms with Crippen LogP contribution in [0.4, 0.5) is 0 Å². The standard InChI is InChI=1S/C4H6N2S2/c7-2-1-4-6-5-3-8-4/h3,7H,1-2H2. The summed E-state index contributed by atoms with van der Waals surface area (Å²) in [5.41, 5.74) is 1.73. The molecule has 1 aromatic rings. The van der Waals surface area contributed by atoms with Crippen molar-refractivity contribution < 1.29 is 0 Å². The number of hydrogen-bond donors (Lipinski definition) is 1. The van der Waals surface area contributed by atoms with Gasteiger partial charge in [0.25, 0.3) is 0 Å². The second-order valence-corrected chi connectivity index (χ2v) is 2.67. The predicted octanol–water partition coefficient (Wildman–Crippen LogP) is 1.01. The molecule has 0 atom stereocenters. The van der Waals surface area contributed by atoms with Crippen molar-refractivity contribution in [1.82, 2.24) is 10.2 Å². The summed E-state index contributed by atoms with van der Waals surface area (Å²) in [5.74, 6) is 0.856. The van der Waals surface area contributed by atoms with Crippen LogP contribution < -0.4 is 0 Å². The van der Waals surface area contributed by atoms with Gasteiger partial charge in [0.1, 0.15) is 10.5 Å². The number of aromatic nitrogens is 2. The molecule has 0 spiro atoms. The number of rotatable bonds is 2. The summed E-state index contributed by atoms with van der Waals surface area (Å²) >= 11 is 5.62. The minimum Gasteiger partial charge on any atom is -0.179 e. The molecule has 0 aliphatic rings. The van der Waals surface area contributed by atoms with E-state index in [1.807, 2.05) is 0 Å². The zero-order valence-corrected chi connectivity index (χ0v) is 5.95. The Morgan fingerprint density at radius 2 is 2.62 bits per heavy atom. The van der Waals surface area contributed by atoms with Crippen LogP contribution in [0.5, 0.6) is 0 Å². The van der Waals surface area contributed by atoms with Crippen LogP contribution in [0.15, 0.2) is 5.51 Å². The fraction of sp³-hybridized carbons (Fsp3) is 0.500. The van der Waals surface area contributed by atoms with Crippen molar-refractivity contribution in [2.45, 2.75) is 6.42 Å². The first-order chi connectivity index (χ1) is 3.93. The van der Waals surface area contributed by atoms with Crippen LogP contribution in [0, 0.1) is 0 Å². The highest BCUT2D eigenvalue weighted by atomic mass is 32.1. The smallest absolute Gasteiger partial charge is 0.118 e. The summed E-state index contributed by atoms with van der Waals surface area (Å²) in [7, 11) is 0. The average Bonchev–Trinajstić information content (AvgIpc) is 2.19. The first-order valence-electron chi connectivity index (χ1n) is 2.29. The molecule has 0 N–H and O–H groups in total. The highest BCUT2D eigenvalue weighted by Gasteiger charge is 1.90. The van der Waals surface area contributed by atoms with E-state index in [2.05, 4.69) is 22.8 Å². The maximum absolute atomic E-state index is 4.05. The molecule has 0 aliphatic heterocycles. The van der Waals surface area contributed by atoms with Gasteiger partial charge >= 0.3 is 0 Å². The Morgan fingerprint density at radius 3 is 3.12 bits per heavy atom. The molecule has 8 heavy (non-hydrogen) atoms. The summed E-state index contributed by atoms with van der Waals surface area (Å²) in [6, 6.07) is 0. The number of aryl methyl sites for hydroxylation is 1. The molecule has 0 saturated heterocycles. The number of thiol groups is 1. The largest absolute Gasteiger partial charge is 0.179 e. The topological polar surface area (TPSA) is 25.8 Å². The summed E-state index contributed by atoms with van der Waals surface area (Å²) in [5, 5.41) is 8.57. The second kappa shape index (κ2) is 3.04. The highest BCUT2D eigenvalue weighted by molar-refractivity contribution is 7.80. The Bertz CT molecular complexity index is 138. The molecule has 0 radical (unpaired) electrons. The lowest BCUT2D eigenvalue weighted by atomic mass is 10.5. The van der Waals surface area contributed by atoms with Crippen molar-refractivity contribution in [3.63, 3.8) is 0 Å². The van der Waals surface area contributed by atoms with E-state index < -0.39 is 0 Å². The fourth-order valence-corrected chi connectivity index (χ4v) is 1.29. The predicted molar refractivity (Wildman–Crippen MR) is 37.5 cm³/mol. The van der Waals surface area contributed by atoms with Crippen molar-refractivity contribution in [2.75, 3.05) is 5.75 Å². The molecule has 0 unspecified atom stereocenters. The van der Waals surface area contributed by atoms with Crippen LogP contribution in [-0.4, -0.2) is 16.0 Å². The van der Waals surface area contributed by atoms with E-state index in [-0.39, 0.29) is 0 Å². The van der Waals surface area contributed by atoms with Gasteiger partial charge in [-0.15, -0.1) is 21.5 Å². The van der Waals surface area contributed by atoms with Gasteiger partial charge in [-0.1, -0.05) is 0 Å². The number of nitrogens with zero attached hydrogens (tertiary/aromatic N) is 2. The van der Waals surface area contributed by atoms with E-state index in [1.54, 1.807) is 16.8 Å². The molecule has 0 bridgehead atoms. The summed E-state index contributed by atoms with van der Waals surface area (Å²) in [6.45, 7) is 0. The zero-order valence-electron chi connectivity index (χ0n) is 4.24. The first kappa shape index (κ1) is 6.04. The van der Waals surface area contributed by atoms with Gasteiger partial charge in [0, 0.05) is 6.42 Å². The molecule has 0 amide bonds. The summed E-state index contributed by atoms with van der Waals surface area (Å²) in [4.78, 5) is 0. The third-order valence-corrected chi connectivity index (χ3v) is 1.71. The molecule has 1 rings (SSSR count). The molecule has 4 heteroatoms. The Morgan fingerprint density at radius 1 is 1.75 bits per heavy atom. The molecule has 0 saturated carbocycles. The van der Waals surface area contributed by atoms with Crippen LogP contribution in [0.3, 0.4) is 0 Å². The lowest BCUT2D eigenvalue weighted by Crippen LogP contribution is -1.82. The average molecular weight is 146 g/mol. The lowest BCUT2D eigenvalue weighted by Gasteiger charge is -1.82. The second-order valence-electron chi connectivity index (χ2n) is 1.31. The van der Waals surface area contributed by atoms with E-state index >= 15 is 0 Å². The van der Waals surface area contributed by atoms with Gasteiger partial charge in [-0.25, -0.2) is 0 Å². The molecular weight excluding hydrogens is 140 g/mol. The van der Waals surface area contributed by atoms with Gasteiger partial charge in [0.05, 0.1) is 0 Å². The zero-order chi connectivity index (χ0) is 5.82. The van der Waals surface area contributed by atoms with Crippen molar-refractivity contribution in [3.05, 3.63) is 10.5 Å². The molecule has 1 heterocycles. The van der Waals surface area contributed by atoms with Gasteiger partial charge in [0.2, 0.25) is 0 Å². The monoisotopic (exact) mass is 146 g/mol. The van der Waals surface area contributed by atoms with E-state index in [9.17, 15) is 0 Å². The third kappa shape index (κ3) is 1.45. The van der Waals surface area contributed by atoms with E-state index in [0.29, 0.717) is 0 Å². The highest BCUT2D eigenvalue weighted by Crippen LogP contribution is 2.01. The Labute approximate surface area is 57.4 Å². The van der Waals surface area contributed by atoms with Crippen LogP contribution >= 0.6 is 24.0 Å². The fourth-order valence-electron chi connectivity index (χ4n) is 0.401. The molecular formula is C4H6N2S2. The normalized spacial score (nSPS) is 9.62. The van der Waals surface area contributed by atoms with Crippen molar-refractivity contribution in [2.24, 2.45) is 0 Å². The van der Waals surface area contributed by atoms with Gasteiger partial charge in [-0.05, 0) is 5.75 Å². The minimum absolute atomic E-state index is 0.856. The molecule has 0 aromatic carbocycles. The van der Waals surface area contributed by atoms with Gasteiger partial charge < -0.3 is 0 Å². The van der Waals surface area contributed by atoms with Crippen molar-refractivity contribution >= 4 is 24.0 Å². The van der Waals surface area contributed by atoms with Gasteiger partial charge in [-0.2, -0.15) is 12.6 Å². The Kier molecular flexibility index (Phi) is 2.29. The van der Waals surface area contributed by atoms with Crippen LogP contribution in [-0.2, 0) is 6.42 Å². The van der Waals surface area contributed by atoms with Crippen molar-refractivity contribution in [1.29, 1.82) is 0 Å². The molecule has 2 nitrogen and oxygen atoms in total. The Hall–Kier alpha value is -0.0900. The van der Waals surface area contributed by atoms with E-state index in [1.165, 1.54) is 0 Å². The molecule has 1 aromatic heterocycles. The van der Waals surface area contributed by atoms with Crippen LogP contribution in [0.1, 0.15) is 5.01 Å². The quantitative estimate of drug-likeness (QED) is 0.630. The minimum atomic E-state index is 0.856. The third-order valence-electron chi connectivity index (χ3n) is 0.731.